The molecule has 0 saturated heterocycles. The van der Waals surface area contributed by atoms with Crippen molar-refractivity contribution in [2.75, 3.05) is 0 Å². The predicted octanol–water partition coefficient (Wildman–Crippen LogP) is 0.357. The predicted molar refractivity (Wildman–Crippen MR) is 77.6 cm³/mol. The summed E-state index contributed by atoms with van der Waals surface area (Å²) in [7, 11) is 0. The van der Waals surface area contributed by atoms with Crippen molar-refractivity contribution >= 4 is 47.1 Å². The molecule has 0 unspecified atom stereocenters. The molecule has 0 aliphatic carbocycles. The standard InChI is InChI=1S/C14H10O4Se2/c15-13(16)9-5-1-3-7-11(9)19-20-12-8-4-2-6-10(12)14(17)18/h1-8H,(H,15,16)(H,17,18). The van der Waals surface area contributed by atoms with Crippen LogP contribution in [0.1, 0.15) is 20.7 Å². The number of aromatic carboxylic acids is 2. The fourth-order valence-corrected chi connectivity index (χ4v) is 8.62. The van der Waals surface area contributed by atoms with Crippen molar-refractivity contribution in [1.29, 1.82) is 0 Å². The molecule has 6 heteroatoms. The molecule has 0 radical (unpaired) electrons. The zero-order valence-corrected chi connectivity index (χ0v) is 13.6. The molecule has 2 N–H and O–H groups in total. The van der Waals surface area contributed by atoms with Gasteiger partial charge in [-0.25, -0.2) is 0 Å². The fourth-order valence-electron chi connectivity index (χ4n) is 1.52. The van der Waals surface area contributed by atoms with Crippen LogP contribution in [0.3, 0.4) is 0 Å². The Hall–Kier alpha value is -1.58. The quantitative estimate of drug-likeness (QED) is 0.711. The van der Waals surface area contributed by atoms with Gasteiger partial charge in [0.2, 0.25) is 0 Å². The Balaban J connectivity index is 2.22. The number of rotatable bonds is 5. The van der Waals surface area contributed by atoms with Gasteiger partial charge in [0.05, 0.1) is 0 Å². The Labute approximate surface area is 126 Å². The first kappa shape index (κ1) is 14.8. The average Bonchev–Trinajstić information content (AvgIpc) is 2.45. The van der Waals surface area contributed by atoms with E-state index in [9.17, 15) is 9.59 Å². The van der Waals surface area contributed by atoms with Crippen molar-refractivity contribution in [2.24, 2.45) is 0 Å². The van der Waals surface area contributed by atoms with E-state index in [-0.39, 0.29) is 26.3 Å². The number of carboxylic acids is 2. The summed E-state index contributed by atoms with van der Waals surface area (Å²) in [5, 5.41) is 18.3. The van der Waals surface area contributed by atoms with Gasteiger partial charge in [0.15, 0.2) is 0 Å². The number of hydrogen-bond donors (Lipinski definition) is 2. The molecule has 0 aromatic heterocycles. The van der Waals surface area contributed by atoms with Crippen LogP contribution < -0.4 is 8.92 Å². The van der Waals surface area contributed by atoms with E-state index in [2.05, 4.69) is 0 Å². The Kier molecular flexibility index (Phi) is 4.99. The molecule has 0 aliphatic rings. The van der Waals surface area contributed by atoms with Gasteiger partial charge in [-0.15, -0.1) is 0 Å². The fraction of sp³-hybridized carbons (Fsp3) is 0. The summed E-state index contributed by atoms with van der Waals surface area (Å²) in [6.07, 6.45) is 0. The third kappa shape index (κ3) is 3.50. The molecule has 0 fully saturated rings. The maximum absolute atomic E-state index is 11.1. The molecule has 0 bridgehead atoms. The van der Waals surface area contributed by atoms with Gasteiger partial charge in [-0.2, -0.15) is 0 Å². The van der Waals surface area contributed by atoms with Crippen LogP contribution in [0.15, 0.2) is 48.5 Å². The van der Waals surface area contributed by atoms with E-state index in [4.69, 9.17) is 10.2 Å². The molecule has 0 aliphatic heterocycles. The van der Waals surface area contributed by atoms with Crippen molar-refractivity contribution in [3.8, 4) is 0 Å². The van der Waals surface area contributed by atoms with Crippen LogP contribution in [0.4, 0.5) is 0 Å². The number of hydrogen-bond acceptors (Lipinski definition) is 2. The Bertz CT molecular complexity index is 598. The van der Waals surface area contributed by atoms with E-state index < -0.39 is 11.9 Å². The van der Waals surface area contributed by atoms with Crippen LogP contribution in [0.25, 0.3) is 0 Å². The molecule has 0 heterocycles. The number of carboxylic acid groups (broad SMARTS) is 2. The molecule has 2 aromatic rings. The second-order valence-corrected chi connectivity index (χ2v) is 9.95. The summed E-state index contributed by atoms with van der Waals surface area (Å²) < 4.78 is 1.60. The van der Waals surface area contributed by atoms with Gasteiger partial charge in [-0.1, -0.05) is 0 Å². The van der Waals surface area contributed by atoms with Crippen LogP contribution in [-0.4, -0.2) is 48.4 Å². The van der Waals surface area contributed by atoms with Gasteiger partial charge in [-0.3, -0.25) is 0 Å². The molecular weight excluding hydrogens is 390 g/mol. The van der Waals surface area contributed by atoms with Crippen LogP contribution in [0, 0.1) is 0 Å². The van der Waals surface area contributed by atoms with E-state index in [0.717, 1.165) is 8.92 Å². The summed E-state index contributed by atoms with van der Waals surface area (Å²) in [6.45, 7) is 0. The number of benzene rings is 2. The van der Waals surface area contributed by atoms with Crippen molar-refractivity contribution in [3.63, 3.8) is 0 Å². The molecule has 0 saturated carbocycles. The SMILES string of the molecule is O=C(O)c1ccccc1[Se][Se]c1ccccc1C(=O)O. The van der Waals surface area contributed by atoms with Crippen LogP contribution >= 0.6 is 0 Å². The molecule has 0 spiro atoms. The normalized spacial score (nSPS) is 10.2. The molecule has 2 rings (SSSR count). The minimum absolute atomic E-state index is 0.0620. The molecule has 0 atom stereocenters. The molecule has 2 aromatic carbocycles. The molecule has 20 heavy (non-hydrogen) atoms. The third-order valence-electron chi connectivity index (χ3n) is 2.46. The van der Waals surface area contributed by atoms with E-state index in [0.29, 0.717) is 11.1 Å². The maximum atomic E-state index is 11.1. The molecule has 0 amide bonds. The summed E-state index contributed by atoms with van der Waals surface area (Å²) in [6, 6.07) is 13.8. The summed E-state index contributed by atoms with van der Waals surface area (Å²) >= 11 is -0.124. The molecule has 4 nitrogen and oxygen atoms in total. The Morgan fingerprint density at radius 1 is 0.700 bits per heavy atom. The van der Waals surface area contributed by atoms with Crippen molar-refractivity contribution < 1.29 is 19.8 Å². The Morgan fingerprint density at radius 3 is 1.40 bits per heavy atom. The van der Waals surface area contributed by atoms with Crippen LogP contribution in [0.5, 0.6) is 0 Å². The second kappa shape index (κ2) is 6.73. The second-order valence-electron chi connectivity index (χ2n) is 3.77. The first-order valence-electron chi connectivity index (χ1n) is 5.59. The van der Waals surface area contributed by atoms with Crippen molar-refractivity contribution in [1.82, 2.24) is 0 Å². The van der Waals surface area contributed by atoms with Gasteiger partial charge in [0.1, 0.15) is 0 Å². The van der Waals surface area contributed by atoms with Crippen LogP contribution in [0.2, 0.25) is 0 Å². The van der Waals surface area contributed by atoms with Gasteiger partial charge in [0, 0.05) is 0 Å². The van der Waals surface area contributed by atoms with Crippen LogP contribution in [-0.2, 0) is 0 Å². The summed E-state index contributed by atoms with van der Waals surface area (Å²) in [5.41, 5.74) is 0.615. The minimum atomic E-state index is -0.940. The van der Waals surface area contributed by atoms with Gasteiger partial charge in [-0.05, 0) is 0 Å². The number of carbonyl (C=O) groups is 2. The average molecular weight is 400 g/mol. The first-order valence-corrected chi connectivity index (χ1v) is 11.6. The summed E-state index contributed by atoms with van der Waals surface area (Å²) in [4.78, 5) is 22.3. The third-order valence-corrected chi connectivity index (χ3v) is 9.70. The zero-order chi connectivity index (χ0) is 14.5. The van der Waals surface area contributed by atoms with E-state index >= 15 is 0 Å². The van der Waals surface area contributed by atoms with Crippen molar-refractivity contribution in [3.05, 3.63) is 59.7 Å². The molecule has 102 valence electrons. The first-order chi connectivity index (χ1) is 9.59. The van der Waals surface area contributed by atoms with E-state index in [1.165, 1.54) is 0 Å². The monoisotopic (exact) mass is 402 g/mol. The van der Waals surface area contributed by atoms with E-state index in [1.807, 2.05) is 12.1 Å². The van der Waals surface area contributed by atoms with Gasteiger partial charge < -0.3 is 0 Å². The zero-order valence-electron chi connectivity index (χ0n) is 10.1. The van der Waals surface area contributed by atoms with Gasteiger partial charge in [0.25, 0.3) is 0 Å². The summed E-state index contributed by atoms with van der Waals surface area (Å²) in [5.74, 6) is -1.88. The van der Waals surface area contributed by atoms with E-state index in [1.54, 1.807) is 36.4 Å². The topological polar surface area (TPSA) is 74.6 Å². The molecular formula is C14H10O4Se2. The van der Waals surface area contributed by atoms with Gasteiger partial charge >= 0.3 is 127 Å². The Morgan fingerprint density at radius 2 is 1.05 bits per heavy atom. The van der Waals surface area contributed by atoms with Crippen molar-refractivity contribution in [2.45, 2.75) is 0 Å².